The third-order valence-corrected chi connectivity index (χ3v) is 5.56. The molecule has 2 aliphatic rings. The quantitative estimate of drug-likeness (QED) is 0.689. The average Bonchev–Trinajstić information content (AvgIpc) is 2.66. The summed E-state index contributed by atoms with van der Waals surface area (Å²) < 4.78 is 12.9. The molecule has 19 heavy (non-hydrogen) atoms. The molecule has 2 fully saturated rings. The van der Waals surface area contributed by atoms with Gasteiger partial charge in [-0.1, -0.05) is 32.9 Å². The minimum absolute atomic E-state index is 0.0376. The molecule has 0 N–H and O–H groups in total. The molecule has 0 spiro atoms. The van der Waals surface area contributed by atoms with E-state index in [-0.39, 0.29) is 22.4 Å². The number of Topliss-reactive ketones (excluding diaryl/α,β-unsaturated/α-hetero) is 1. The van der Waals surface area contributed by atoms with Gasteiger partial charge in [0, 0.05) is 5.41 Å². The van der Waals surface area contributed by atoms with Crippen LogP contribution in [0.2, 0.25) is 0 Å². The van der Waals surface area contributed by atoms with Gasteiger partial charge in [0.15, 0.2) is 5.78 Å². The van der Waals surface area contributed by atoms with Crippen LogP contribution >= 0.6 is 0 Å². The molecule has 1 aromatic rings. The number of halogens is 1. The highest BCUT2D eigenvalue weighted by Crippen LogP contribution is 2.65. The summed E-state index contributed by atoms with van der Waals surface area (Å²) in [7, 11) is 0. The van der Waals surface area contributed by atoms with Gasteiger partial charge in [-0.15, -0.1) is 0 Å². The molecule has 1 aromatic carbocycles. The Kier molecular flexibility index (Phi) is 2.51. The van der Waals surface area contributed by atoms with E-state index < -0.39 is 0 Å². The molecule has 0 saturated heterocycles. The number of rotatable bonds is 1. The maximum absolute atomic E-state index is 12.9. The average molecular weight is 258 g/mol. The Morgan fingerprint density at radius 3 is 2.37 bits per heavy atom. The number of benzene rings is 1. The topological polar surface area (TPSA) is 17.1 Å². The summed E-state index contributed by atoms with van der Waals surface area (Å²) in [6.45, 7) is 6.50. The fourth-order valence-electron chi connectivity index (χ4n) is 3.83. The lowest BCUT2D eigenvalue weighted by Gasteiger charge is -2.31. The van der Waals surface area contributed by atoms with Crippen LogP contribution in [-0.4, -0.2) is 5.78 Å². The van der Waals surface area contributed by atoms with Gasteiger partial charge in [0.25, 0.3) is 0 Å². The van der Waals surface area contributed by atoms with Crippen LogP contribution in [-0.2, 0) is 4.79 Å². The second-order valence-corrected chi connectivity index (χ2v) is 6.63. The van der Waals surface area contributed by atoms with E-state index >= 15 is 0 Å². The minimum Gasteiger partial charge on any atom is -0.294 e. The van der Waals surface area contributed by atoms with Gasteiger partial charge in [-0.25, -0.2) is 4.39 Å². The van der Waals surface area contributed by atoms with E-state index in [0.717, 1.165) is 24.0 Å². The summed E-state index contributed by atoms with van der Waals surface area (Å²) in [5.74, 6) is 0.391. The fraction of sp³-hybridized carbons (Fsp3) is 0.471. The normalized spacial score (nSPS) is 34.2. The second-order valence-electron chi connectivity index (χ2n) is 6.63. The van der Waals surface area contributed by atoms with E-state index in [4.69, 9.17) is 0 Å². The highest BCUT2D eigenvalue weighted by Gasteiger charge is 2.63. The smallest absolute Gasteiger partial charge is 0.165 e. The van der Waals surface area contributed by atoms with E-state index in [1.54, 1.807) is 12.1 Å². The molecular weight excluding hydrogens is 239 g/mol. The van der Waals surface area contributed by atoms with Crippen LogP contribution in [0.1, 0.15) is 39.2 Å². The number of hydrogen-bond donors (Lipinski definition) is 0. The Morgan fingerprint density at radius 2 is 1.84 bits per heavy atom. The molecular formula is C17H19FO. The molecule has 2 atom stereocenters. The number of fused-ring (bicyclic) bond motifs is 2. The number of carbonyl (C=O) groups excluding carboxylic acids is 1. The van der Waals surface area contributed by atoms with Crippen molar-refractivity contribution in [3.05, 3.63) is 41.2 Å². The first-order valence-electron chi connectivity index (χ1n) is 6.88. The second kappa shape index (κ2) is 3.78. The zero-order valence-corrected chi connectivity index (χ0v) is 11.7. The predicted molar refractivity (Wildman–Crippen MR) is 74.0 cm³/mol. The third-order valence-electron chi connectivity index (χ3n) is 5.56. The van der Waals surface area contributed by atoms with Crippen molar-refractivity contribution < 1.29 is 9.18 Å². The van der Waals surface area contributed by atoms with Crippen molar-refractivity contribution in [2.75, 3.05) is 0 Å². The van der Waals surface area contributed by atoms with Crippen molar-refractivity contribution in [1.29, 1.82) is 0 Å². The van der Waals surface area contributed by atoms with E-state index in [2.05, 4.69) is 20.8 Å². The first kappa shape index (κ1) is 12.6. The first-order valence-corrected chi connectivity index (χ1v) is 6.88. The van der Waals surface area contributed by atoms with Gasteiger partial charge in [0.2, 0.25) is 0 Å². The van der Waals surface area contributed by atoms with Crippen molar-refractivity contribution in [2.24, 2.45) is 16.7 Å². The van der Waals surface area contributed by atoms with Crippen LogP contribution in [0, 0.1) is 22.6 Å². The molecule has 0 aromatic heterocycles. The van der Waals surface area contributed by atoms with Crippen molar-refractivity contribution >= 4 is 11.9 Å². The lowest BCUT2D eigenvalue weighted by molar-refractivity contribution is -0.125. The zero-order chi connectivity index (χ0) is 13.8. The van der Waals surface area contributed by atoms with E-state index in [9.17, 15) is 9.18 Å². The van der Waals surface area contributed by atoms with Crippen LogP contribution in [0.25, 0.3) is 6.08 Å². The molecule has 2 saturated carbocycles. The lowest BCUT2D eigenvalue weighted by atomic mass is 9.70. The van der Waals surface area contributed by atoms with Gasteiger partial charge >= 0.3 is 0 Å². The molecule has 0 heterocycles. The van der Waals surface area contributed by atoms with Crippen molar-refractivity contribution in [3.63, 3.8) is 0 Å². The summed E-state index contributed by atoms with van der Waals surface area (Å²) in [6.07, 6.45) is 4.03. The molecule has 0 radical (unpaired) electrons. The van der Waals surface area contributed by atoms with Gasteiger partial charge in [0.05, 0.1) is 0 Å². The summed E-state index contributed by atoms with van der Waals surface area (Å²) in [5.41, 5.74) is 1.67. The Hall–Kier alpha value is -1.44. The molecule has 1 nitrogen and oxygen atoms in total. The molecule has 100 valence electrons. The maximum Gasteiger partial charge on any atom is 0.165 e. The highest BCUT2D eigenvalue weighted by molar-refractivity contribution is 6.07. The predicted octanol–water partition coefficient (Wildman–Crippen LogP) is 4.23. The molecule has 0 amide bonds. The lowest BCUT2D eigenvalue weighted by Crippen LogP contribution is -2.32. The van der Waals surface area contributed by atoms with Gasteiger partial charge in [-0.3, -0.25) is 4.79 Å². The van der Waals surface area contributed by atoms with E-state index in [0.29, 0.717) is 5.92 Å². The number of ketones is 1. The first-order chi connectivity index (χ1) is 8.86. The molecule has 2 unspecified atom stereocenters. The van der Waals surface area contributed by atoms with Gasteiger partial charge in [0.1, 0.15) is 5.82 Å². The Balaban J connectivity index is 2.04. The standard InChI is InChI=1S/C17H19FO/c1-16(2)14-8-9-17(16,3)15(19)13(14)10-11-4-6-12(18)7-5-11/h4-7,10,14H,8-9H2,1-3H3/b13-10+. The van der Waals surface area contributed by atoms with E-state index in [1.165, 1.54) is 12.1 Å². The van der Waals surface area contributed by atoms with Gasteiger partial charge in [-0.2, -0.15) is 0 Å². The maximum atomic E-state index is 12.9. The Bertz CT molecular complexity index is 567. The van der Waals surface area contributed by atoms with Crippen LogP contribution in [0.15, 0.2) is 29.8 Å². The van der Waals surface area contributed by atoms with Crippen molar-refractivity contribution in [3.8, 4) is 0 Å². The van der Waals surface area contributed by atoms with Crippen LogP contribution in [0.4, 0.5) is 4.39 Å². The summed E-state index contributed by atoms with van der Waals surface area (Å²) in [6, 6.07) is 6.35. The Morgan fingerprint density at radius 1 is 1.21 bits per heavy atom. The monoisotopic (exact) mass is 258 g/mol. The SMILES string of the molecule is CC12CCC(/C(=C\c3ccc(F)cc3)C1=O)C2(C)C. The van der Waals surface area contributed by atoms with Crippen LogP contribution in [0.5, 0.6) is 0 Å². The molecule has 2 aliphatic carbocycles. The summed E-state index contributed by atoms with van der Waals surface area (Å²) in [5, 5.41) is 0. The van der Waals surface area contributed by atoms with Crippen LogP contribution < -0.4 is 0 Å². The number of carbonyl (C=O) groups is 1. The summed E-state index contributed by atoms with van der Waals surface area (Å²) in [4.78, 5) is 12.6. The largest absolute Gasteiger partial charge is 0.294 e. The Labute approximate surface area is 113 Å². The molecule has 2 bridgehead atoms. The molecule has 3 rings (SSSR count). The zero-order valence-electron chi connectivity index (χ0n) is 11.7. The summed E-state index contributed by atoms with van der Waals surface area (Å²) >= 11 is 0. The number of allylic oxidation sites excluding steroid dienone is 1. The molecule has 2 heteroatoms. The van der Waals surface area contributed by atoms with Crippen molar-refractivity contribution in [2.45, 2.75) is 33.6 Å². The highest BCUT2D eigenvalue weighted by atomic mass is 19.1. The van der Waals surface area contributed by atoms with Crippen molar-refractivity contribution in [1.82, 2.24) is 0 Å². The van der Waals surface area contributed by atoms with Crippen LogP contribution in [0.3, 0.4) is 0 Å². The third kappa shape index (κ3) is 1.55. The van der Waals surface area contributed by atoms with Gasteiger partial charge < -0.3 is 0 Å². The van der Waals surface area contributed by atoms with Gasteiger partial charge in [-0.05, 0) is 53.5 Å². The molecule has 0 aliphatic heterocycles. The minimum atomic E-state index is -0.242. The number of hydrogen-bond acceptors (Lipinski definition) is 1. The fourth-order valence-corrected chi connectivity index (χ4v) is 3.83. The van der Waals surface area contributed by atoms with E-state index in [1.807, 2.05) is 6.08 Å².